The summed E-state index contributed by atoms with van der Waals surface area (Å²) in [4.78, 5) is 20.4. The lowest BCUT2D eigenvalue weighted by molar-refractivity contribution is 0.0908. The minimum Gasteiger partial charge on any atom is -0.409 e. The van der Waals surface area contributed by atoms with Crippen LogP contribution in [0.3, 0.4) is 0 Å². The number of carbonyl (C=O) groups excluding carboxylic acids is 1. The van der Waals surface area contributed by atoms with Crippen molar-refractivity contribution >= 4 is 23.9 Å². The van der Waals surface area contributed by atoms with Gasteiger partial charge in [-0.3, -0.25) is 4.79 Å². The van der Waals surface area contributed by atoms with E-state index < -0.39 is 18.2 Å². The van der Waals surface area contributed by atoms with Crippen LogP contribution in [0.25, 0.3) is 0 Å². The van der Waals surface area contributed by atoms with Gasteiger partial charge in [0.1, 0.15) is 0 Å². The van der Waals surface area contributed by atoms with Crippen molar-refractivity contribution in [2.75, 3.05) is 12.9 Å². The Morgan fingerprint density at radius 2 is 1.57 bits per heavy atom. The molecule has 0 saturated carbocycles. The third-order valence-corrected chi connectivity index (χ3v) is 9.56. The zero-order chi connectivity index (χ0) is 18.2. The molecule has 1 aromatic rings. The monoisotopic (exact) mass is 358 g/mol. The first kappa shape index (κ1) is 19.9. The number of sulfone groups is 1. The van der Waals surface area contributed by atoms with Crippen LogP contribution >= 0.6 is 0 Å². The molecule has 0 aromatic carbocycles. The van der Waals surface area contributed by atoms with E-state index >= 15 is 0 Å². The molecule has 1 heterocycles. The van der Waals surface area contributed by atoms with Crippen LogP contribution in [0.2, 0.25) is 18.1 Å². The molecule has 0 saturated heterocycles. The van der Waals surface area contributed by atoms with E-state index in [1.807, 2.05) is 0 Å². The highest BCUT2D eigenvalue weighted by atomic mass is 32.2. The first-order valence-corrected chi connectivity index (χ1v) is 12.2. The maximum Gasteiger partial charge on any atom is 0.247 e. The molecule has 23 heavy (non-hydrogen) atoms. The van der Waals surface area contributed by atoms with Gasteiger partial charge in [-0.25, -0.2) is 18.4 Å². The number of aryl methyl sites for hydroxylation is 2. The second-order valence-corrected chi connectivity index (χ2v) is 14.0. The van der Waals surface area contributed by atoms with Crippen molar-refractivity contribution in [1.82, 2.24) is 9.97 Å². The molecule has 0 fully saturated rings. The van der Waals surface area contributed by atoms with Gasteiger partial charge < -0.3 is 4.43 Å². The van der Waals surface area contributed by atoms with Crippen LogP contribution in [0, 0.1) is 13.8 Å². The Hall–Kier alpha value is -1.12. The summed E-state index contributed by atoms with van der Waals surface area (Å²) in [6.07, 6.45) is 1.04. The van der Waals surface area contributed by atoms with Crippen LogP contribution in [0.15, 0.2) is 5.16 Å². The minimum atomic E-state index is -3.50. The van der Waals surface area contributed by atoms with Crippen LogP contribution < -0.4 is 0 Å². The van der Waals surface area contributed by atoms with Gasteiger partial charge in [0.05, 0.1) is 23.6 Å². The first-order valence-electron chi connectivity index (χ1n) is 7.39. The molecule has 0 amide bonds. The van der Waals surface area contributed by atoms with Crippen molar-refractivity contribution in [1.29, 1.82) is 0 Å². The third-order valence-electron chi connectivity index (χ3n) is 4.23. The van der Waals surface area contributed by atoms with Gasteiger partial charge in [0, 0.05) is 6.26 Å². The molecule has 1 rings (SSSR count). The van der Waals surface area contributed by atoms with E-state index in [4.69, 9.17) is 4.43 Å². The molecule has 8 heteroatoms. The standard InChI is InChI=1S/C15H26N2O4SSi/c1-10-13(11(2)17-14(16-10)22(6,19)20)12(18)9-21-23(7,8)15(3,4)5/h9H2,1-8H3. The maximum absolute atomic E-state index is 12.5. The van der Waals surface area contributed by atoms with Crippen molar-refractivity contribution < 1.29 is 17.6 Å². The number of Topliss-reactive ketones (excluding diaryl/α,β-unsaturated/α-hetero) is 1. The molecule has 0 unspecified atom stereocenters. The molecule has 0 aliphatic carbocycles. The largest absolute Gasteiger partial charge is 0.409 e. The number of hydrogen-bond donors (Lipinski definition) is 0. The molecule has 0 spiro atoms. The van der Waals surface area contributed by atoms with Gasteiger partial charge in [-0.2, -0.15) is 0 Å². The molecule has 130 valence electrons. The fourth-order valence-electron chi connectivity index (χ4n) is 1.79. The number of hydrogen-bond acceptors (Lipinski definition) is 6. The smallest absolute Gasteiger partial charge is 0.247 e. The molecular formula is C15H26N2O4SSi. The van der Waals surface area contributed by atoms with Crippen LogP contribution in [-0.4, -0.2) is 45.3 Å². The Bertz CT molecular complexity index is 698. The van der Waals surface area contributed by atoms with Crippen LogP contribution in [0.5, 0.6) is 0 Å². The minimum absolute atomic E-state index is 0.00795. The van der Waals surface area contributed by atoms with E-state index in [0.29, 0.717) is 17.0 Å². The zero-order valence-corrected chi connectivity index (χ0v) is 17.0. The highest BCUT2D eigenvalue weighted by Crippen LogP contribution is 2.36. The van der Waals surface area contributed by atoms with Crippen LogP contribution in [0.4, 0.5) is 0 Å². The van der Waals surface area contributed by atoms with E-state index in [2.05, 4.69) is 43.8 Å². The zero-order valence-electron chi connectivity index (χ0n) is 15.1. The fraction of sp³-hybridized carbons (Fsp3) is 0.667. The van der Waals surface area contributed by atoms with Gasteiger partial charge in [-0.1, -0.05) is 20.8 Å². The Balaban J connectivity index is 3.07. The highest BCUT2D eigenvalue weighted by Gasteiger charge is 2.37. The highest BCUT2D eigenvalue weighted by molar-refractivity contribution is 7.90. The number of nitrogens with zero attached hydrogens (tertiary/aromatic N) is 2. The average molecular weight is 359 g/mol. The summed E-state index contributed by atoms with van der Waals surface area (Å²) in [5.41, 5.74) is 1.07. The second-order valence-electron chi connectivity index (χ2n) is 7.30. The predicted molar refractivity (Wildman–Crippen MR) is 92.1 cm³/mol. The van der Waals surface area contributed by atoms with Gasteiger partial charge in [0.15, 0.2) is 14.1 Å². The predicted octanol–water partition coefficient (Wildman–Crippen LogP) is 2.70. The van der Waals surface area contributed by atoms with Crippen molar-refractivity contribution in [3.8, 4) is 0 Å². The fourth-order valence-corrected chi connectivity index (χ4v) is 3.32. The summed E-state index contributed by atoms with van der Waals surface area (Å²) in [7, 11) is -5.54. The van der Waals surface area contributed by atoms with Crippen molar-refractivity contribution in [3.63, 3.8) is 0 Å². The van der Waals surface area contributed by atoms with Gasteiger partial charge in [0.25, 0.3) is 0 Å². The van der Waals surface area contributed by atoms with E-state index in [-0.39, 0.29) is 22.6 Å². The lowest BCUT2D eigenvalue weighted by Gasteiger charge is -2.35. The Labute approximate surface area is 139 Å². The lowest BCUT2D eigenvalue weighted by atomic mass is 10.1. The molecular weight excluding hydrogens is 332 g/mol. The molecule has 0 aliphatic rings. The van der Waals surface area contributed by atoms with Crippen molar-refractivity contribution in [3.05, 3.63) is 17.0 Å². The lowest BCUT2D eigenvalue weighted by Crippen LogP contribution is -2.42. The van der Waals surface area contributed by atoms with E-state index in [9.17, 15) is 13.2 Å². The first-order chi connectivity index (χ1) is 10.2. The van der Waals surface area contributed by atoms with Gasteiger partial charge >= 0.3 is 0 Å². The van der Waals surface area contributed by atoms with Gasteiger partial charge in [-0.05, 0) is 32.0 Å². The number of rotatable bonds is 5. The summed E-state index contributed by atoms with van der Waals surface area (Å²) in [5, 5.41) is -0.247. The van der Waals surface area contributed by atoms with E-state index in [1.165, 1.54) is 0 Å². The van der Waals surface area contributed by atoms with E-state index in [0.717, 1.165) is 6.26 Å². The number of aromatic nitrogens is 2. The Morgan fingerprint density at radius 3 is 1.91 bits per heavy atom. The molecule has 0 atom stereocenters. The molecule has 6 nitrogen and oxygen atoms in total. The summed E-state index contributed by atoms with van der Waals surface area (Å²) < 4.78 is 29.0. The van der Waals surface area contributed by atoms with Gasteiger partial charge in [0.2, 0.25) is 15.0 Å². The summed E-state index contributed by atoms with van der Waals surface area (Å²) in [6.45, 7) is 13.6. The number of ketones is 1. The van der Waals surface area contributed by atoms with Crippen LogP contribution in [0.1, 0.15) is 42.5 Å². The van der Waals surface area contributed by atoms with Crippen molar-refractivity contribution in [2.45, 2.75) is 57.9 Å². The van der Waals surface area contributed by atoms with Gasteiger partial charge in [-0.15, -0.1) is 0 Å². The Kier molecular flexibility index (Phi) is 5.55. The average Bonchev–Trinajstić information content (AvgIpc) is 2.33. The summed E-state index contributed by atoms with van der Waals surface area (Å²) in [6, 6.07) is 0. The summed E-state index contributed by atoms with van der Waals surface area (Å²) >= 11 is 0. The van der Waals surface area contributed by atoms with E-state index in [1.54, 1.807) is 13.8 Å². The quantitative estimate of drug-likeness (QED) is 0.457. The van der Waals surface area contributed by atoms with Crippen molar-refractivity contribution in [2.24, 2.45) is 0 Å². The molecule has 0 N–H and O–H groups in total. The maximum atomic E-state index is 12.5. The number of carbonyl (C=O) groups is 1. The second kappa shape index (κ2) is 6.41. The third kappa shape index (κ3) is 4.68. The molecule has 1 aromatic heterocycles. The molecule has 0 radical (unpaired) electrons. The van der Waals surface area contributed by atoms with Crippen LogP contribution in [-0.2, 0) is 14.3 Å². The normalized spacial score (nSPS) is 13.2. The molecule has 0 bridgehead atoms. The SMILES string of the molecule is Cc1nc(S(C)(=O)=O)nc(C)c1C(=O)CO[Si](C)(C)C(C)(C)C. The molecule has 0 aliphatic heterocycles. The topological polar surface area (TPSA) is 86.2 Å². The Morgan fingerprint density at radius 1 is 1.13 bits per heavy atom. The summed E-state index contributed by atoms with van der Waals surface area (Å²) in [5.74, 6) is -0.218.